The van der Waals surface area contributed by atoms with Gasteiger partial charge in [0.1, 0.15) is 0 Å². The molecule has 0 aliphatic heterocycles. The smallest absolute Gasteiger partial charge is 0.220 e. The van der Waals surface area contributed by atoms with Gasteiger partial charge in [0.05, 0.1) is 6.04 Å². The molecule has 1 aliphatic carbocycles. The van der Waals surface area contributed by atoms with Crippen LogP contribution in [-0.2, 0) is 4.79 Å². The summed E-state index contributed by atoms with van der Waals surface area (Å²) in [6.07, 6.45) is 4.87. The van der Waals surface area contributed by atoms with Gasteiger partial charge in [-0.1, -0.05) is 30.2 Å². The van der Waals surface area contributed by atoms with Gasteiger partial charge >= 0.3 is 0 Å². The molecule has 0 spiro atoms. The molecule has 0 saturated heterocycles. The maximum atomic E-state index is 11.9. The highest BCUT2D eigenvalue weighted by Crippen LogP contribution is 2.38. The lowest BCUT2D eigenvalue weighted by Crippen LogP contribution is -2.36. The van der Waals surface area contributed by atoms with Crippen LogP contribution in [-0.4, -0.2) is 12.5 Å². The van der Waals surface area contributed by atoms with Crippen LogP contribution in [0.3, 0.4) is 0 Å². The van der Waals surface area contributed by atoms with E-state index in [0.717, 1.165) is 17.0 Å². The molecule has 1 saturated carbocycles. The van der Waals surface area contributed by atoms with Crippen LogP contribution in [0, 0.1) is 5.92 Å². The Morgan fingerprint density at radius 1 is 1.37 bits per heavy atom. The van der Waals surface area contributed by atoms with E-state index < -0.39 is 0 Å². The molecule has 1 fully saturated rings. The van der Waals surface area contributed by atoms with Crippen LogP contribution in [0.25, 0.3) is 0 Å². The first-order chi connectivity index (χ1) is 9.20. The molecule has 1 aliphatic rings. The molecule has 104 valence electrons. The highest BCUT2D eigenvalue weighted by atomic mass is 35.5. The standard InChI is InChI=1S/C15H21ClN2O/c16-13-8-6-12(7-9-13)15(11-3-1-4-11)18-14(19)5-2-10-17/h6-9,11,15H,1-5,10,17H2,(H,18,19). The third-order valence-electron chi connectivity index (χ3n) is 3.77. The van der Waals surface area contributed by atoms with Crippen LogP contribution in [0.2, 0.25) is 5.02 Å². The largest absolute Gasteiger partial charge is 0.349 e. The van der Waals surface area contributed by atoms with Gasteiger partial charge in [0.15, 0.2) is 0 Å². The maximum absolute atomic E-state index is 11.9. The summed E-state index contributed by atoms with van der Waals surface area (Å²) in [7, 11) is 0. The number of nitrogens with two attached hydrogens (primary N) is 1. The fourth-order valence-electron chi connectivity index (χ4n) is 2.42. The van der Waals surface area contributed by atoms with Crippen molar-refractivity contribution in [2.45, 2.75) is 38.1 Å². The molecule has 0 radical (unpaired) electrons. The van der Waals surface area contributed by atoms with Gasteiger partial charge in [-0.05, 0) is 49.4 Å². The second kappa shape index (κ2) is 6.92. The summed E-state index contributed by atoms with van der Waals surface area (Å²) in [4.78, 5) is 11.9. The summed E-state index contributed by atoms with van der Waals surface area (Å²) in [5.41, 5.74) is 6.59. The van der Waals surface area contributed by atoms with Crippen molar-refractivity contribution in [1.82, 2.24) is 5.32 Å². The van der Waals surface area contributed by atoms with E-state index >= 15 is 0 Å². The van der Waals surface area contributed by atoms with Crippen LogP contribution in [0.4, 0.5) is 0 Å². The van der Waals surface area contributed by atoms with Crippen LogP contribution in [0.15, 0.2) is 24.3 Å². The fraction of sp³-hybridized carbons (Fsp3) is 0.533. The van der Waals surface area contributed by atoms with E-state index in [9.17, 15) is 4.79 Å². The SMILES string of the molecule is NCCCC(=O)NC(c1ccc(Cl)cc1)C1CCC1. The molecule has 1 aromatic rings. The van der Waals surface area contributed by atoms with Crippen molar-refractivity contribution < 1.29 is 4.79 Å². The topological polar surface area (TPSA) is 55.1 Å². The Kier molecular flexibility index (Phi) is 5.23. The molecule has 0 bridgehead atoms. The number of nitrogens with one attached hydrogen (secondary N) is 1. The number of amides is 1. The molecule has 3 N–H and O–H groups in total. The fourth-order valence-corrected chi connectivity index (χ4v) is 2.55. The number of hydrogen-bond acceptors (Lipinski definition) is 2. The van der Waals surface area contributed by atoms with E-state index in [0.29, 0.717) is 18.9 Å². The molecule has 1 aromatic carbocycles. The van der Waals surface area contributed by atoms with Gasteiger partial charge in [-0.2, -0.15) is 0 Å². The Labute approximate surface area is 119 Å². The number of halogens is 1. The lowest BCUT2D eigenvalue weighted by atomic mass is 9.77. The van der Waals surface area contributed by atoms with E-state index in [1.54, 1.807) is 0 Å². The van der Waals surface area contributed by atoms with E-state index in [-0.39, 0.29) is 11.9 Å². The van der Waals surface area contributed by atoms with Crippen LogP contribution in [0.1, 0.15) is 43.7 Å². The molecular formula is C15H21ClN2O. The van der Waals surface area contributed by atoms with Crippen molar-refractivity contribution in [2.24, 2.45) is 11.7 Å². The van der Waals surface area contributed by atoms with Gasteiger partial charge in [0.2, 0.25) is 5.91 Å². The third kappa shape index (κ3) is 3.95. The molecule has 2 rings (SSSR count). The minimum Gasteiger partial charge on any atom is -0.349 e. The Hall–Kier alpha value is -1.06. The molecule has 0 aromatic heterocycles. The number of hydrogen-bond donors (Lipinski definition) is 2. The van der Waals surface area contributed by atoms with Gasteiger partial charge in [0.25, 0.3) is 0 Å². The monoisotopic (exact) mass is 280 g/mol. The molecule has 1 unspecified atom stereocenters. The van der Waals surface area contributed by atoms with Crippen molar-refractivity contribution in [1.29, 1.82) is 0 Å². The highest BCUT2D eigenvalue weighted by molar-refractivity contribution is 6.30. The summed E-state index contributed by atoms with van der Waals surface area (Å²) < 4.78 is 0. The van der Waals surface area contributed by atoms with Crippen molar-refractivity contribution in [3.05, 3.63) is 34.9 Å². The van der Waals surface area contributed by atoms with Gasteiger partial charge < -0.3 is 11.1 Å². The van der Waals surface area contributed by atoms with E-state index in [2.05, 4.69) is 5.32 Å². The highest BCUT2D eigenvalue weighted by Gasteiger charge is 2.29. The van der Waals surface area contributed by atoms with Gasteiger partial charge in [-0.25, -0.2) is 0 Å². The number of benzene rings is 1. The molecule has 1 atom stereocenters. The maximum Gasteiger partial charge on any atom is 0.220 e. The van der Waals surface area contributed by atoms with Crippen LogP contribution >= 0.6 is 11.6 Å². The molecule has 0 heterocycles. The lowest BCUT2D eigenvalue weighted by Gasteiger charge is -2.34. The van der Waals surface area contributed by atoms with E-state index in [1.165, 1.54) is 19.3 Å². The van der Waals surface area contributed by atoms with Crippen LogP contribution < -0.4 is 11.1 Å². The first-order valence-electron chi connectivity index (χ1n) is 6.95. The first kappa shape index (κ1) is 14.4. The Balaban J connectivity index is 2.03. The summed E-state index contributed by atoms with van der Waals surface area (Å²) in [6, 6.07) is 7.91. The van der Waals surface area contributed by atoms with Crippen molar-refractivity contribution in [3.8, 4) is 0 Å². The lowest BCUT2D eigenvalue weighted by molar-refractivity contribution is -0.122. The average Bonchev–Trinajstić information content (AvgIpc) is 2.34. The second-order valence-electron chi connectivity index (χ2n) is 5.18. The van der Waals surface area contributed by atoms with E-state index in [4.69, 9.17) is 17.3 Å². The average molecular weight is 281 g/mol. The van der Waals surface area contributed by atoms with E-state index in [1.807, 2.05) is 24.3 Å². The third-order valence-corrected chi connectivity index (χ3v) is 4.03. The van der Waals surface area contributed by atoms with Gasteiger partial charge in [-0.3, -0.25) is 4.79 Å². The summed E-state index contributed by atoms with van der Waals surface area (Å²) in [6.45, 7) is 0.558. The number of carbonyl (C=O) groups is 1. The summed E-state index contributed by atoms with van der Waals surface area (Å²) >= 11 is 5.92. The van der Waals surface area contributed by atoms with Crippen molar-refractivity contribution in [2.75, 3.05) is 6.54 Å². The predicted octanol–water partition coefficient (Wildman–Crippen LogP) is 3.04. The second-order valence-corrected chi connectivity index (χ2v) is 5.62. The normalized spacial score (nSPS) is 16.7. The quantitative estimate of drug-likeness (QED) is 0.841. The number of carbonyl (C=O) groups excluding carboxylic acids is 1. The molecule has 4 heteroatoms. The molecule has 3 nitrogen and oxygen atoms in total. The minimum absolute atomic E-state index is 0.0947. The Bertz CT molecular complexity index is 415. The molecule has 19 heavy (non-hydrogen) atoms. The summed E-state index contributed by atoms with van der Waals surface area (Å²) in [5, 5.41) is 3.88. The molecular weight excluding hydrogens is 260 g/mol. The van der Waals surface area contributed by atoms with Gasteiger partial charge in [-0.15, -0.1) is 0 Å². The first-order valence-corrected chi connectivity index (χ1v) is 7.33. The zero-order valence-corrected chi connectivity index (χ0v) is 11.8. The zero-order valence-electron chi connectivity index (χ0n) is 11.1. The van der Waals surface area contributed by atoms with Gasteiger partial charge in [0, 0.05) is 11.4 Å². The predicted molar refractivity (Wildman–Crippen MR) is 78.0 cm³/mol. The zero-order chi connectivity index (χ0) is 13.7. The number of rotatable bonds is 6. The Morgan fingerprint density at radius 3 is 2.58 bits per heavy atom. The van der Waals surface area contributed by atoms with Crippen molar-refractivity contribution >= 4 is 17.5 Å². The minimum atomic E-state index is 0.0947. The van der Waals surface area contributed by atoms with Crippen LogP contribution in [0.5, 0.6) is 0 Å². The Morgan fingerprint density at radius 2 is 2.05 bits per heavy atom. The molecule has 1 amide bonds. The van der Waals surface area contributed by atoms with Crippen molar-refractivity contribution in [3.63, 3.8) is 0 Å². The summed E-state index contributed by atoms with van der Waals surface area (Å²) in [5.74, 6) is 0.653.